The van der Waals surface area contributed by atoms with E-state index < -0.39 is 29.0 Å². The molecule has 0 amide bonds. The van der Waals surface area contributed by atoms with E-state index in [1.54, 1.807) is 0 Å². The second-order valence-corrected chi connectivity index (χ2v) is 12.6. The number of hydrogen-bond donors (Lipinski definition) is 1. The summed E-state index contributed by atoms with van der Waals surface area (Å²) in [5.41, 5.74) is -1.35. The minimum atomic E-state index is -1.74. The zero-order chi connectivity index (χ0) is 25.0. The van der Waals surface area contributed by atoms with Crippen molar-refractivity contribution in [1.82, 2.24) is 0 Å². The van der Waals surface area contributed by atoms with Gasteiger partial charge in [-0.2, -0.15) is 0 Å². The third kappa shape index (κ3) is 2.91. The van der Waals surface area contributed by atoms with Gasteiger partial charge in [0.1, 0.15) is 6.10 Å². The molecular formula is C28H40O6. The zero-order valence-electron chi connectivity index (χ0n) is 21.8. The lowest BCUT2D eigenvalue weighted by Gasteiger charge is -2.52. The number of ether oxygens (including phenoxy) is 3. The molecule has 1 unspecified atom stereocenters. The molecule has 6 nitrogen and oxygen atoms in total. The van der Waals surface area contributed by atoms with Gasteiger partial charge < -0.3 is 19.3 Å². The molecule has 2 bridgehead atoms. The summed E-state index contributed by atoms with van der Waals surface area (Å²) in [5, 5.41) is 12.9. The molecule has 188 valence electrons. The molecule has 34 heavy (non-hydrogen) atoms. The first-order chi connectivity index (χ1) is 15.7. The van der Waals surface area contributed by atoms with Crippen molar-refractivity contribution in [2.75, 3.05) is 6.61 Å². The number of carbonyl (C=O) groups is 2. The van der Waals surface area contributed by atoms with Gasteiger partial charge in [0.25, 0.3) is 0 Å². The van der Waals surface area contributed by atoms with E-state index in [-0.39, 0.29) is 47.4 Å². The van der Waals surface area contributed by atoms with E-state index in [4.69, 9.17) is 14.2 Å². The van der Waals surface area contributed by atoms with Gasteiger partial charge in [0.05, 0.1) is 17.9 Å². The Morgan fingerprint density at radius 3 is 2.62 bits per heavy atom. The van der Waals surface area contributed by atoms with Crippen LogP contribution in [0, 0.1) is 40.4 Å². The monoisotopic (exact) mass is 472 g/mol. The van der Waals surface area contributed by atoms with Crippen LogP contribution >= 0.6 is 0 Å². The maximum Gasteiger partial charge on any atom is 0.309 e. The molecule has 0 aromatic heterocycles. The van der Waals surface area contributed by atoms with E-state index in [0.29, 0.717) is 12.3 Å². The summed E-state index contributed by atoms with van der Waals surface area (Å²) in [5.74, 6) is -1.39. The molecule has 0 aromatic carbocycles. The Hall–Kier alpha value is -1.50. The number of ketones is 1. The lowest BCUT2D eigenvalue weighted by molar-refractivity contribution is -0.304. The number of esters is 1. The quantitative estimate of drug-likeness (QED) is 0.489. The molecule has 2 saturated carbocycles. The maximum atomic E-state index is 14.6. The number of carbonyl (C=O) groups excluding carboxylic acids is 2. The minimum Gasteiger partial charge on any atom is -0.454 e. The summed E-state index contributed by atoms with van der Waals surface area (Å²) >= 11 is 0. The smallest absolute Gasteiger partial charge is 0.309 e. The van der Waals surface area contributed by atoms with E-state index in [9.17, 15) is 14.7 Å². The van der Waals surface area contributed by atoms with Crippen molar-refractivity contribution in [1.29, 1.82) is 0 Å². The predicted molar refractivity (Wildman–Crippen MR) is 127 cm³/mol. The summed E-state index contributed by atoms with van der Waals surface area (Å²) in [6.45, 7) is 16.1. The highest BCUT2D eigenvalue weighted by molar-refractivity contribution is 5.95. The van der Waals surface area contributed by atoms with Crippen LogP contribution in [0.1, 0.15) is 68.2 Å². The summed E-state index contributed by atoms with van der Waals surface area (Å²) in [7, 11) is 0. The Bertz CT molecular complexity index is 991. The van der Waals surface area contributed by atoms with Gasteiger partial charge in [-0.15, -0.1) is 0 Å². The van der Waals surface area contributed by atoms with Gasteiger partial charge in [0, 0.05) is 5.92 Å². The fraction of sp³-hybridized carbons (Fsp3) is 0.786. The molecule has 1 N–H and O–H groups in total. The van der Waals surface area contributed by atoms with E-state index in [1.165, 1.54) is 0 Å². The summed E-state index contributed by atoms with van der Waals surface area (Å²) in [6, 6.07) is 0. The molecule has 6 heteroatoms. The number of aliphatic hydroxyl groups is 1. The van der Waals surface area contributed by atoms with Crippen molar-refractivity contribution in [3.05, 3.63) is 23.3 Å². The molecule has 3 fully saturated rings. The average Bonchev–Trinajstić information content (AvgIpc) is 3.25. The van der Waals surface area contributed by atoms with Gasteiger partial charge in [-0.25, -0.2) is 0 Å². The third-order valence-electron chi connectivity index (χ3n) is 9.92. The van der Waals surface area contributed by atoms with E-state index in [0.717, 1.165) is 17.6 Å². The molecule has 4 aliphatic carbocycles. The molecule has 1 aliphatic heterocycles. The van der Waals surface area contributed by atoms with E-state index in [2.05, 4.69) is 20.8 Å². The summed E-state index contributed by atoms with van der Waals surface area (Å²) in [4.78, 5) is 27.6. The molecule has 1 spiro atoms. The van der Waals surface area contributed by atoms with Crippen molar-refractivity contribution in [3.8, 4) is 0 Å². The second kappa shape index (κ2) is 7.27. The second-order valence-electron chi connectivity index (χ2n) is 12.6. The van der Waals surface area contributed by atoms with Crippen LogP contribution in [0.15, 0.2) is 23.3 Å². The van der Waals surface area contributed by atoms with Crippen LogP contribution < -0.4 is 0 Å². The van der Waals surface area contributed by atoms with Crippen LogP contribution in [-0.2, 0) is 23.8 Å². The highest BCUT2D eigenvalue weighted by Gasteiger charge is 2.77. The standard InChI is InChI=1S/C28H40O6/c1-9-14(2)24(30)33-22-15(3)12-27-16(4)10-19-20(25(19,5)6)18(21(27)29)11-17-13-32-26(7,8)34-23(17)28(22,27)31/h11-12,14,16,18-20,22-23,31H,9-10,13H2,1-8H3/t14?,16-,18+,19-,20+,22+,23-,27+,28-/m1/s1. The number of allylic oxidation sites excluding steroid dienone is 1. The topological polar surface area (TPSA) is 82.1 Å². The first-order valence-corrected chi connectivity index (χ1v) is 12.9. The third-order valence-corrected chi connectivity index (χ3v) is 9.92. The Morgan fingerprint density at radius 2 is 1.97 bits per heavy atom. The number of fused-ring (bicyclic) bond motifs is 5. The van der Waals surface area contributed by atoms with E-state index >= 15 is 0 Å². The van der Waals surface area contributed by atoms with Crippen molar-refractivity contribution >= 4 is 11.8 Å². The van der Waals surface area contributed by atoms with Crippen LogP contribution in [0.25, 0.3) is 0 Å². The van der Waals surface area contributed by atoms with Crippen LogP contribution in [0.5, 0.6) is 0 Å². The van der Waals surface area contributed by atoms with Crippen LogP contribution in [-0.4, -0.2) is 47.1 Å². The molecule has 0 radical (unpaired) electrons. The molecule has 9 atom stereocenters. The van der Waals surface area contributed by atoms with Gasteiger partial charge in [0.2, 0.25) is 0 Å². The largest absolute Gasteiger partial charge is 0.454 e. The molecule has 1 saturated heterocycles. The average molecular weight is 473 g/mol. The fourth-order valence-electron chi connectivity index (χ4n) is 7.70. The van der Waals surface area contributed by atoms with Crippen molar-refractivity contribution in [2.45, 2.75) is 91.8 Å². The molecule has 5 aliphatic rings. The van der Waals surface area contributed by atoms with Crippen molar-refractivity contribution in [3.63, 3.8) is 0 Å². The Morgan fingerprint density at radius 1 is 1.29 bits per heavy atom. The SMILES string of the molecule is CCC(C)C(=O)O[C@H]1C(C)=C[C@]23C(=O)[C@@H](C=C4COC(C)(C)O[C@H]4[C@]12O)[C@H]1[C@@H](C[C@H]3C)C1(C)C. The summed E-state index contributed by atoms with van der Waals surface area (Å²) < 4.78 is 18.5. The highest BCUT2D eigenvalue weighted by atomic mass is 16.7. The molecule has 0 aromatic rings. The number of rotatable bonds is 3. The summed E-state index contributed by atoms with van der Waals surface area (Å²) in [6.07, 6.45) is 3.68. The molecular weight excluding hydrogens is 432 g/mol. The Labute approximate surface area is 203 Å². The molecule has 1 heterocycles. The molecule has 5 rings (SSSR count). The number of hydrogen-bond acceptors (Lipinski definition) is 6. The van der Waals surface area contributed by atoms with Crippen LogP contribution in [0.2, 0.25) is 0 Å². The normalized spacial score (nSPS) is 46.6. The van der Waals surface area contributed by atoms with Gasteiger partial charge >= 0.3 is 5.97 Å². The minimum absolute atomic E-state index is 0.0327. The predicted octanol–water partition coefficient (Wildman–Crippen LogP) is 4.21. The van der Waals surface area contributed by atoms with Crippen molar-refractivity contribution in [2.24, 2.45) is 40.4 Å². The van der Waals surface area contributed by atoms with Gasteiger partial charge in [0.15, 0.2) is 23.3 Å². The van der Waals surface area contributed by atoms with Crippen molar-refractivity contribution < 1.29 is 28.9 Å². The van der Waals surface area contributed by atoms with Crippen LogP contribution in [0.4, 0.5) is 0 Å². The zero-order valence-corrected chi connectivity index (χ0v) is 21.8. The van der Waals surface area contributed by atoms with Crippen LogP contribution in [0.3, 0.4) is 0 Å². The maximum absolute atomic E-state index is 14.6. The first-order valence-electron chi connectivity index (χ1n) is 12.9. The van der Waals surface area contributed by atoms with Gasteiger partial charge in [-0.1, -0.05) is 46.8 Å². The first kappa shape index (κ1) is 24.2. The lowest BCUT2D eigenvalue weighted by atomic mass is 9.59. The highest BCUT2D eigenvalue weighted by Crippen LogP contribution is 2.72. The van der Waals surface area contributed by atoms with E-state index in [1.807, 2.05) is 46.8 Å². The lowest BCUT2D eigenvalue weighted by Crippen LogP contribution is -2.68. The number of Topliss-reactive ketones (excluding diaryl/α,β-unsaturated/α-hetero) is 1. The fourth-order valence-corrected chi connectivity index (χ4v) is 7.70. The van der Waals surface area contributed by atoms with Gasteiger partial charge in [-0.3, -0.25) is 9.59 Å². The Kier molecular flexibility index (Phi) is 5.17. The van der Waals surface area contributed by atoms with Gasteiger partial charge in [-0.05, 0) is 67.9 Å². The Balaban J connectivity index is 1.71.